The van der Waals surface area contributed by atoms with Crippen LogP contribution in [-0.4, -0.2) is 30.8 Å². The highest BCUT2D eigenvalue weighted by molar-refractivity contribution is 7.09. The molecule has 0 atom stereocenters. The number of ketones is 1. The number of hydrogen-bond acceptors (Lipinski definition) is 3. The van der Waals surface area contributed by atoms with Crippen LogP contribution in [0.25, 0.3) is 0 Å². The number of carbonyl (C=O) groups excluding carboxylic acids is 1. The zero-order chi connectivity index (χ0) is 14.4. The molecular weight excluding hydrogens is 266 g/mol. The number of nitrogens with zero attached hydrogens (tertiary/aromatic N) is 1. The minimum absolute atomic E-state index is 0.230. The van der Waals surface area contributed by atoms with Gasteiger partial charge in [0, 0.05) is 30.0 Å². The van der Waals surface area contributed by atoms with E-state index in [1.807, 2.05) is 31.2 Å². The smallest absolute Gasteiger partial charge is 0.164 e. The van der Waals surface area contributed by atoms with E-state index in [1.165, 1.54) is 10.4 Å². The Labute approximate surface area is 125 Å². The van der Waals surface area contributed by atoms with Crippen molar-refractivity contribution in [1.82, 2.24) is 4.90 Å². The molecule has 0 spiro atoms. The van der Waals surface area contributed by atoms with E-state index in [0.29, 0.717) is 6.42 Å². The van der Waals surface area contributed by atoms with E-state index in [0.717, 1.165) is 25.1 Å². The molecule has 0 radical (unpaired) electrons. The Morgan fingerprint density at radius 2 is 1.90 bits per heavy atom. The van der Waals surface area contributed by atoms with E-state index in [4.69, 9.17) is 0 Å². The number of Topliss-reactive ketones (excluding diaryl/α,β-unsaturated/α-hetero) is 1. The SMILES string of the molecule is Cc1ccc(C(=O)CCN(C)CCc2cccs2)cc1. The lowest BCUT2D eigenvalue weighted by atomic mass is 10.1. The minimum Gasteiger partial charge on any atom is -0.306 e. The van der Waals surface area contributed by atoms with Gasteiger partial charge >= 0.3 is 0 Å². The van der Waals surface area contributed by atoms with Crippen molar-refractivity contribution in [3.05, 3.63) is 57.8 Å². The average Bonchev–Trinajstić information content (AvgIpc) is 2.96. The van der Waals surface area contributed by atoms with Gasteiger partial charge in [0.2, 0.25) is 0 Å². The molecule has 2 aromatic rings. The molecule has 0 amide bonds. The molecule has 2 rings (SSSR count). The molecule has 0 aliphatic carbocycles. The molecule has 0 unspecified atom stereocenters. The Morgan fingerprint density at radius 1 is 1.15 bits per heavy atom. The van der Waals surface area contributed by atoms with Crippen molar-refractivity contribution in [1.29, 1.82) is 0 Å². The van der Waals surface area contributed by atoms with Gasteiger partial charge in [-0.25, -0.2) is 0 Å². The lowest BCUT2D eigenvalue weighted by molar-refractivity contribution is 0.0969. The summed E-state index contributed by atoms with van der Waals surface area (Å²) >= 11 is 1.79. The summed E-state index contributed by atoms with van der Waals surface area (Å²) in [6, 6.07) is 12.1. The first-order valence-electron chi connectivity index (χ1n) is 6.96. The van der Waals surface area contributed by atoms with Crippen molar-refractivity contribution in [3.8, 4) is 0 Å². The van der Waals surface area contributed by atoms with Crippen LogP contribution in [0, 0.1) is 6.92 Å². The van der Waals surface area contributed by atoms with Gasteiger partial charge in [-0.2, -0.15) is 0 Å². The fraction of sp³-hybridized carbons (Fsp3) is 0.353. The van der Waals surface area contributed by atoms with Crippen LogP contribution in [0.15, 0.2) is 41.8 Å². The maximum absolute atomic E-state index is 12.1. The zero-order valence-corrected chi connectivity index (χ0v) is 13.0. The van der Waals surface area contributed by atoms with Gasteiger partial charge in [-0.15, -0.1) is 11.3 Å². The second kappa shape index (κ2) is 7.36. The second-order valence-electron chi connectivity index (χ2n) is 5.17. The van der Waals surface area contributed by atoms with Gasteiger partial charge in [0.25, 0.3) is 0 Å². The molecule has 0 fully saturated rings. The van der Waals surface area contributed by atoms with Gasteiger partial charge in [0.1, 0.15) is 0 Å². The fourth-order valence-electron chi connectivity index (χ4n) is 2.04. The van der Waals surface area contributed by atoms with Crippen molar-refractivity contribution < 1.29 is 4.79 Å². The first kappa shape index (κ1) is 14.9. The Morgan fingerprint density at radius 3 is 2.55 bits per heavy atom. The molecule has 3 heteroatoms. The summed E-state index contributed by atoms with van der Waals surface area (Å²) in [5, 5.41) is 2.11. The zero-order valence-electron chi connectivity index (χ0n) is 12.1. The van der Waals surface area contributed by atoms with Crippen LogP contribution in [0.3, 0.4) is 0 Å². The third kappa shape index (κ3) is 4.58. The third-order valence-corrected chi connectivity index (χ3v) is 4.35. The maximum Gasteiger partial charge on any atom is 0.164 e. The maximum atomic E-state index is 12.1. The molecular formula is C17H21NOS. The molecule has 0 N–H and O–H groups in total. The van der Waals surface area contributed by atoms with E-state index in [-0.39, 0.29) is 5.78 Å². The normalized spacial score (nSPS) is 10.9. The lowest BCUT2D eigenvalue weighted by Gasteiger charge is -2.15. The van der Waals surface area contributed by atoms with Crippen LogP contribution in [0.2, 0.25) is 0 Å². The van der Waals surface area contributed by atoms with E-state index < -0.39 is 0 Å². The standard InChI is InChI=1S/C17H21NOS/c1-14-5-7-15(8-6-14)17(19)10-12-18(2)11-9-16-4-3-13-20-16/h3-8,13H,9-12H2,1-2H3. The number of likely N-dealkylation sites (N-methyl/N-ethyl adjacent to an activating group) is 1. The predicted molar refractivity (Wildman–Crippen MR) is 85.6 cm³/mol. The van der Waals surface area contributed by atoms with Gasteiger partial charge < -0.3 is 4.90 Å². The summed E-state index contributed by atoms with van der Waals surface area (Å²) in [6.07, 6.45) is 1.65. The second-order valence-corrected chi connectivity index (χ2v) is 6.20. The van der Waals surface area contributed by atoms with E-state index >= 15 is 0 Å². The number of rotatable bonds is 7. The summed E-state index contributed by atoms with van der Waals surface area (Å²) in [6.45, 7) is 3.85. The van der Waals surface area contributed by atoms with Crippen LogP contribution in [0.1, 0.15) is 27.2 Å². The Hall–Kier alpha value is -1.45. The lowest BCUT2D eigenvalue weighted by Crippen LogP contribution is -2.24. The van der Waals surface area contributed by atoms with Crippen LogP contribution < -0.4 is 0 Å². The first-order valence-corrected chi connectivity index (χ1v) is 7.84. The largest absolute Gasteiger partial charge is 0.306 e. The molecule has 1 aromatic heterocycles. The molecule has 0 saturated heterocycles. The Balaban J connectivity index is 1.73. The molecule has 1 heterocycles. The molecule has 106 valence electrons. The van der Waals surface area contributed by atoms with Gasteiger partial charge in [0.15, 0.2) is 5.78 Å². The molecule has 0 bridgehead atoms. The van der Waals surface area contributed by atoms with Gasteiger partial charge in [-0.1, -0.05) is 35.9 Å². The van der Waals surface area contributed by atoms with Crippen LogP contribution in [0.4, 0.5) is 0 Å². The predicted octanol–water partition coefficient (Wildman–Crippen LogP) is 3.80. The summed E-state index contributed by atoms with van der Waals surface area (Å²) in [5.41, 5.74) is 2.01. The average molecular weight is 287 g/mol. The highest BCUT2D eigenvalue weighted by Crippen LogP contribution is 2.10. The van der Waals surface area contributed by atoms with E-state index in [1.54, 1.807) is 11.3 Å². The third-order valence-electron chi connectivity index (χ3n) is 3.41. The number of carbonyl (C=O) groups is 1. The Kier molecular flexibility index (Phi) is 5.50. The number of aryl methyl sites for hydroxylation is 1. The van der Waals surface area contributed by atoms with E-state index in [9.17, 15) is 4.79 Å². The minimum atomic E-state index is 0.230. The molecule has 0 saturated carbocycles. The van der Waals surface area contributed by atoms with E-state index in [2.05, 4.69) is 29.5 Å². The van der Waals surface area contributed by atoms with Crippen molar-refractivity contribution in [2.75, 3.05) is 20.1 Å². The summed E-state index contributed by atoms with van der Waals surface area (Å²) < 4.78 is 0. The Bertz CT molecular complexity index is 531. The van der Waals surface area contributed by atoms with Gasteiger partial charge in [-0.05, 0) is 31.8 Å². The van der Waals surface area contributed by atoms with Gasteiger partial charge in [0.05, 0.1) is 0 Å². The van der Waals surface area contributed by atoms with Gasteiger partial charge in [-0.3, -0.25) is 4.79 Å². The highest BCUT2D eigenvalue weighted by atomic mass is 32.1. The summed E-state index contributed by atoms with van der Waals surface area (Å²) in [7, 11) is 2.08. The number of hydrogen-bond donors (Lipinski definition) is 0. The molecule has 1 aromatic carbocycles. The number of benzene rings is 1. The van der Waals surface area contributed by atoms with Crippen LogP contribution in [0.5, 0.6) is 0 Å². The molecule has 0 aliphatic rings. The first-order chi connectivity index (χ1) is 9.65. The quantitative estimate of drug-likeness (QED) is 0.722. The molecule has 2 nitrogen and oxygen atoms in total. The van der Waals surface area contributed by atoms with Crippen LogP contribution >= 0.6 is 11.3 Å². The summed E-state index contributed by atoms with van der Waals surface area (Å²) in [4.78, 5) is 15.7. The number of thiophene rings is 1. The molecule has 0 aliphatic heterocycles. The van der Waals surface area contributed by atoms with Crippen molar-refractivity contribution >= 4 is 17.1 Å². The molecule has 20 heavy (non-hydrogen) atoms. The van der Waals surface area contributed by atoms with Crippen molar-refractivity contribution in [2.24, 2.45) is 0 Å². The monoisotopic (exact) mass is 287 g/mol. The topological polar surface area (TPSA) is 20.3 Å². The van der Waals surface area contributed by atoms with Crippen molar-refractivity contribution in [3.63, 3.8) is 0 Å². The summed E-state index contributed by atoms with van der Waals surface area (Å²) in [5.74, 6) is 0.230. The highest BCUT2D eigenvalue weighted by Gasteiger charge is 2.07. The van der Waals surface area contributed by atoms with Crippen molar-refractivity contribution in [2.45, 2.75) is 19.8 Å². The van der Waals surface area contributed by atoms with Crippen LogP contribution in [-0.2, 0) is 6.42 Å². The fourth-order valence-corrected chi connectivity index (χ4v) is 2.74.